The second-order valence-corrected chi connectivity index (χ2v) is 7.40. The lowest BCUT2D eigenvalue weighted by atomic mass is 9.93. The Morgan fingerprint density at radius 1 is 1.16 bits per heavy atom. The van der Waals surface area contributed by atoms with Crippen LogP contribution in [0, 0.1) is 11.8 Å². The SMILES string of the molecule is CC(C)CCN(CC1CC(C)CCN1)C1CCCC1. The fraction of sp³-hybridized carbons (Fsp3) is 1.00. The lowest BCUT2D eigenvalue weighted by molar-refractivity contribution is 0.150. The lowest BCUT2D eigenvalue weighted by Gasteiger charge is -2.36. The molecular formula is C17H34N2. The third-order valence-corrected chi connectivity index (χ3v) is 5.05. The van der Waals surface area contributed by atoms with Gasteiger partial charge in [0.1, 0.15) is 0 Å². The van der Waals surface area contributed by atoms with Gasteiger partial charge in [-0.25, -0.2) is 0 Å². The second-order valence-electron chi connectivity index (χ2n) is 7.40. The van der Waals surface area contributed by atoms with Crippen LogP contribution in [0.15, 0.2) is 0 Å². The van der Waals surface area contributed by atoms with E-state index in [1.165, 1.54) is 64.6 Å². The molecule has 2 rings (SSSR count). The van der Waals surface area contributed by atoms with Gasteiger partial charge in [-0.3, -0.25) is 4.90 Å². The molecule has 0 aromatic rings. The van der Waals surface area contributed by atoms with E-state index in [2.05, 4.69) is 31.0 Å². The minimum absolute atomic E-state index is 0.747. The first-order valence-corrected chi connectivity index (χ1v) is 8.62. The molecule has 0 bridgehead atoms. The van der Waals surface area contributed by atoms with Gasteiger partial charge in [0.25, 0.3) is 0 Å². The highest BCUT2D eigenvalue weighted by molar-refractivity contribution is 4.84. The summed E-state index contributed by atoms with van der Waals surface area (Å²) in [6.07, 6.45) is 9.91. The van der Waals surface area contributed by atoms with Crippen LogP contribution < -0.4 is 5.32 Å². The van der Waals surface area contributed by atoms with Gasteiger partial charge in [0.2, 0.25) is 0 Å². The normalized spacial score (nSPS) is 29.5. The topological polar surface area (TPSA) is 15.3 Å². The summed E-state index contributed by atoms with van der Waals surface area (Å²) < 4.78 is 0. The number of hydrogen-bond acceptors (Lipinski definition) is 2. The number of rotatable bonds is 6. The third kappa shape index (κ3) is 5.07. The minimum Gasteiger partial charge on any atom is -0.313 e. The molecule has 2 fully saturated rings. The molecule has 2 atom stereocenters. The van der Waals surface area contributed by atoms with E-state index < -0.39 is 0 Å². The van der Waals surface area contributed by atoms with Gasteiger partial charge in [-0.1, -0.05) is 33.6 Å². The molecule has 1 saturated heterocycles. The monoisotopic (exact) mass is 266 g/mol. The highest BCUT2D eigenvalue weighted by atomic mass is 15.2. The van der Waals surface area contributed by atoms with E-state index in [9.17, 15) is 0 Å². The molecule has 1 saturated carbocycles. The minimum atomic E-state index is 0.747. The summed E-state index contributed by atoms with van der Waals surface area (Å²) in [7, 11) is 0. The maximum absolute atomic E-state index is 3.75. The summed E-state index contributed by atoms with van der Waals surface area (Å²) in [6.45, 7) is 11.0. The Morgan fingerprint density at radius 3 is 2.53 bits per heavy atom. The Balaban J connectivity index is 1.84. The summed E-state index contributed by atoms with van der Waals surface area (Å²) in [5.74, 6) is 1.75. The van der Waals surface area contributed by atoms with Crippen molar-refractivity contribution < 1.29 is 0 Å². The number of piperidine rings is 1. The van der Waals surface area contributed by atoms with Gasteiger partial charge in [-0.2, -0.15) is 0 Å². The summed E-state index contributed by atoms with van der Waals surface area (Å²) in [4.78, 5) is 2.82. The van der Waals surface area contributed by atoms with Crippen molar-refractivity contribution in [3.63, 3.8) is 0 Å². The molecule has 1 N–H and O–H groups in total. The van der Waals surface area contributed by atoms with Crippen LogP contribution in [0.4, 0.5) is 0 Å². The quantitative estimate of drug-likeness (QED) is 0.789. The van der Waals surface area contributed by atoms with E-state index in [0.29, 0.717) is 0 Å². The average molecular weight is 266 g/mol. The molecular weight excluding hydrogens is 232 g/mol. The molecule has 2 unspecified atom stereocenters. The van der Waals surface area contributed by atoms with Crippen LogP contribution in [0.2, 0.25) is 0 Å². The molecule has 19 heavy (non-hydrogen) atoms. The van der Waals surface area contributed by atoms with Gasteiger partial charge in [-0.05, 0) is 57.0 Å². The van der Waals surface area contributed by atoms with E-state index in [-0.39, 0.29) is 0 Å². The maximum atomic E-state index is 3.75. The van der Waals surface area contributed by atoms with Crippen LogP contribution in [0.1, 0.15) is 65.7 Å². The third-order valence-electron chi connectivity index (χ3n) is 5.05. The molecule has 112 valence electrons. The lowest BCUT2D eigenvalue weighted by Crippen LogP contribution is -2.48. The molecule has 0 aromatic carbocycles. The first-order chi connectivity index (χ1) is 9.15. The highest BCUT2D eigenvalue weighted by Crippen LogP contribution is 2.25. The van der Waals surface area contributed by atoms with Crippen molar-refractivity contribution in [2.45, 2.75) is 77.8 Å². The van der Waals surface area contributed by atoms with Crippen LogP contribution in [0.3, 0.4) is 0 Å². The van der Waals surface area contributed by atoms with E-state index in [0.717, 1.165) is 23.9 Å². The standard InChI is InChI=1S/C17H34N2/c1-14(2)9-11-19(17-6-4-5-7-17)13-16-12-15(3)8-10-18-16/h14-18H,4-13H2,1-3H3. The van der Waals surface area contributed by atoms with Crippen LogP contribution in [-0.2, 0) is 0 Å². The maximum Gasteiger partial charge on any atom is 0.0197 e. The van der Waals surface area contributed by atoms with Crippen molar-refractivity contribution >= 4 is 0 Å². The zero-order valence-corrected chi connectivity index (χ0v) is 13.3. The van der Waals surface area contributed by atoms with Crippen molar-refractivity contribution in [3.05, 3.63) is 0 Å². The number of nitrogens with zero attached hydrogens (tertiary/aromatic N) is 1. The zero-order chi connectivity index (χ0) is 13.7. The van der Waals surface area contributed by atoms with Crippen molar-refractivity contribution in [1.29, 1.82) is 0 Å². The summed E-state index contributed by atoms with van der Waals surface area (Å²) in [5.41, 5.74) is 0. The van der Waals surface area contributed by atoms with Gasteiger partial charge in [0, 0.05) is 18.6 Å². The molecule has 1 heterocycles. The van der Waals surface area contributed by atoms with Gasteiger partial charge in [0.05, 0.1) is 0 Å². The Kier molecular flexibility index (Phi) is 6.15. The fourth-order valence-electron chi connectivity index (χ4n) is 3.76. The van der Waals surface area contributed by atoms with E-state index in [1.54, 1.807) is 0 Å². The first-order valence-electron chi connectivity index (χ1n) is 8.62. The highest BCUT2D eigenvalue weighted by Gasteiger charge is 2.26. The van der Waals surface area contributed by atoms with Crippen LogP contribution in [0.25, 0.3) is 0 Å². The number of nitrogens with one attached hydrogen (secondary N) is 1. The predicted molar refractivity (Wildman–Crippen MR) is 83.5 cm³/mol. The Bertz CT molecular complexity index is 246. The average Bonchev–Trinajstić information content (AvgIpc) is 2.88. The Hall–Kier alpha value is -0.0800. The summed E-state index contributed by atoms with van der Waals surface area (Å²) in [5, 5.41) is 3.75. The van der Waals surface area contributed by atoms with Crippen LogP contribution in [0.5, 0.6) is 0 Å². The molecule has 1 aliphatic carbocycles. The molecule has 0 aromatic heterocycles. The zero-order valence-electron chi connectivity index (χ0n) is 13.3. The van der Waals surface area contributed by atoms with E-state index in [1.807, 2.05) is 0 Å². The Labute approximate surface area is 120 Å². The summed E-state index contributed by atoms with van der Waals surface area (Å²) >= 11 is 0. The Morgan fingerprint density at radius 2 is 1.89 bits per heavy atom. The van der Waals surface area contributed by atoms with Gasteiger partial charge in [0.15, 0.2) is 0 Å². The molecule has 1 aliphatic heterocycles. The summed E-state index contributed by atoms with van der Waals surface area (Å²) in [6, 6.07) is 1.63. The molecule has 2 aliphatic rings. The molecule has 0 spiro atoms. The predicted octanol–water partition coefficient (Wildman–Crippen LogP) is 3.67. The largest absolute Gasteiger partial charge is 0.313 e. The number of hydrogen-bond donors (Lipinski definition) is 1. The smallest absolute Gasteiger partial charge is 0.0197 e. The second kappa shape index (κ2) is 7.64. The van der Waals surface area contributed by atoms with Gasteiger partial charge < -0.3 is 5.32 Å². The molecule has 2 heteroatoms. The van der Waals surface area contributed by atoms with E-state index >= 15 is 0 Å². The molecule has 0 amide bonds. The van der Waals surface area contributed by atoms with Crippen molar-refractivity contribution in [3.8, 4) is 0 Å². The van der Waals surface area contributed by atoms with Crippen LogP contribution >= 0.6 is 0 Å². The van der Waals surface area contributed by atoms with Crippen molar-refractivity contribution in [2.75, 3.05) is 19.6 Å². The van der Waals surface area contributed by atoms with Crippen LogP contribution in [-0.4, -0.2) is 36.6 Å². The van der Waals surface area contributed by atoms with Gasteiger partial charge >= 0.3 is 0 Å². The van der Waals surface area contributed by atoms with Gasteiger partial charge in [-0.15, -0.1) is 0 Å². The molecule has 0 radical (unpaired) electrons. The first kappa shape index (κ1) is 15.3. The fourth-order valence-corrected chi connectivity index (χ4v) is 3.76. The van der Waals surface area contributed by atoms with Crippen molar-refractivity contribution in [1.82, 2.24) is 10.2 Å². The molecule has 2 nitrogen and oxygen atoms in total. The van der Waals surface area contributed by atoms with Crippen molar-refractivity contribution in [2.24, 2.45) is 11.8 Å². The van der Waals surface area contributed by atoms with E-state index in [4.69, 9.17) is 0 Å².